The summed E-state index contributed by atoms with van der Waals surface area (Å²) in [5.74, 6) is 0. The standard InChI is InChI=1S/C13H19BrClN3O2S/c1-8-4-3-5-9(2)18(8)17-21(19,20)12-7-10(15)6-11(16)13(12)14/h6-9,17H,3-5,16H2,1-2H3. The smallest absolute Gasteiger partial charge is 0.254 e. The number of hydrogen-bond donors (Lipinski definition) is 2. The maximum atomic E-state index is 12.6. The Morgan fingerprint density at radius 3 is 2.48 bits per heavy atom. The molecule has 0 aliphatic carbocycles. The van der Waals surface area contributed by atoms with Crippen LogP contribution < -0.4 is 10.6 Å². The fourth-order valence-electron chi connectivity index (χ4n) is 2.57. The Kier molecular flexibility index (Phi) is 5.20. The maximum absolute atomic E-state index is 12.6. The number of nitrogen functional groups attached to an aromatic ring is 1. The van der Waals surface area contributed by atoms with Gasteiger partial charge in [-0.3, -0.25) is 0 Å². The first-order valence-corrected chi connectivity index (χ1v) is 9.43. The second-order valence-corrected chi connectivity index (χ2v) is 8.30. The van der Waals surface area contributed by atoms with Gasteiger partial charge in [0.15, 0.2) is 0 Å². The van der Waals surface area contributed by atoms with Gasteiger partial charge in [0.25, 0.3) is 10.0 Å². The zero-order chi connectivity index (χ0) is 15.8. The molecule has 5 nitrogen and oxygen atoms in total. The summed E-state index contributed by atoms with van der Waals surface area (Å²) in [4.78, 5) is 2.72. The first-order chi connectivity index (χ1) is 9.72. The van der Waals surface area contributed by atoms with E-state index >= 15 is 0 Å². The van der Waals surface area contributed by atoms with E-state index in [2.05, 4.69) is 20.8 Å². The van der Waals surface area contributed by atoms with Crippen LogP contribution in [0.15, 0.2) is 21.5 Å². The summed E-state index contributed by atoms with van der Waals surface area (Å²) in [6.45, 7) is 4.03. The van der Waals surface area contributed by atoms with Crippen LogP contribution in [-0.4, -0.2) is 25.5 Å². The van der Waals surface area contributed by atoms with E-state index in [1.807, 2.05) is 13.8 Å². The van der Waals surface area contributed by atoms with Gasteiger partial charge in [-0.15, -0.1) is 4.83 Å². The number of hydrazine groups is 1. The zero-order valence-corrected chi connectivity index (χ0v) is 15.1. The number of benzene rings is 1. The summed E-state index contributed by atoms with van der Waals surface area (Å²) in [6, 6.07) is 3.21. The van der Waals surface area contributed by atoms with Gasteiger partial charge in [0.1, 0.15) is 4.90 Å². The molecule has 1 fully saturated rings. The highest BCUT2D eigenvalue weighted by atomic mass is 79.9. The first kappa shape index (κ1) is 17.0. The summed E-state index contributed by atoms with van der Waals surface area (Å²) in [5, 5.41) is 2.08. The summed E-state index contributed by atoms with van der Waals surface area (Å²) < 4.78 is 25.6. The number of piperidine rings is 1. The van der Waals surface area contributed by atoms with Crippen molar-refractivity contribution in [2.75, 3.05) is 5.73 Å². The van der Waals surface area contributed by atoms with Crippen LogP contribution >= 0.6 is 27.5 Å². The molecule has 0 spiro atoms. The van der Waals surface area contributed by atoms with Gasteiger partial charge >= 0.3 is 0 Å². The summed E-state index contributed by atoms with van der Waals surface area (Å²) >= 11 is 9.15. The molecule has 1 aromatic rings. The minimum Gasteiger partial charge on any atom is -0.398 e. The number of hydrogen-bond acceptors (Lipinski definition) is 4. The SMILES string of the molecule is CC1CCCC(C)N1NS(=O)(=O)c1cc(Cl)cc(N)c1Br. The van der Waals surface area contributed by atoms with Crippen LogP contribution in [0.2, 0.25) is 5.02 Å². The lowest BCUT2D eigenvalue weighted by Crippen LogP contribution is -2.54. The average Bonchev–Trinajstić information content (AvgIpc) is 2.38. The number of sulfonamides is 1. The molecule has 2 unspecified atom stereocenters. The molecule has 0 radical (unpaired) electrons. The van der Waals surface area contributed by atoms with Gasteiger partial charge in [-0.1, -0.05) is 18.0 Å². The minimum atomic E-state index is -3.74. The summed E-state index contributed by atoms with van der Waals surface area (Å²) in [5.41, 5.74) is 6.06. The van der Waals surface area contributed by atoms with Crippen LogP contribution in [-0.2, 0) is 10.0 Å². The number of rotatable bonds is 3. The average molecular weight is 397 g/mol. The Balaban J connectivity index is 2.34. The Bertz CT molecular complexity index is 629. The van der Waals surface area contributed by atoms with Crippen LogP contribution in [0.1, 0.15) is 33.1 Å². The Morgan fingerprint density at radius 1 is 1.33 bits per heavy atom. The quantitative estimate of drug-likeness (QED) is 0.770. The van der Waals surface area contributed by atoms with Crippen molar-refractivity contribution >= 4 is 43.2 Å². The minimum absolute atomic E-state index is 0.0532. The number of anilines is 1. The van der Waals surface area contributed by atoms with Crippen molar-refractivity contribution in [1.29, 1.82) is 0 Å². The topological polar surface area (TPSA) is 75.4 Å². The Hall–Kier alpha value is -0.340. The monoisotopic (exact) mass is 395 g/mol. The number of halogens is 2. The van der Waals surface area contributed by atoms with Gasteiger partial charge in [0.2, 0.25) is 0 Å². The normalized spacial score (nSPS) is 24.2. The van der Waals surface area contributed by atoms with Crippen LogP contribution in [0.3, 0.4) is 0 Å². The van der Waals surface area contributed by atoms with Crippen molar-refractivity contribution in [1.82, 2.24) is 9.84 Å². The highest BCUT2D eigenvalue weighted by molar-refractivity contribution is 9.10. The van der Waals surface area contributed by atoms with Crippen molar-refractivity contribution in [2.24, 2.45) is 0 Å². The molecular formula is C13H19BrClN3O2S. The van der Waals surface area contributed by atoms with E-state index in [-0.39, 0.29) is 22.0 Å². The Labute approximate surface area is 139 Å². The van der Waals surface area contributed by atoms with E-state index in [0.29, 0.717) is 10.2 Å². The molecule has 0 amide bonds. The number of nitrogens with two attached hydrogens (primary N) is 1. The van der Waals surface area contributed by atoms with Crippen molar-refractivity contribution in [3.05, 3.63) is 21.6 Å². The molecule has 0 aromatic heterocycles. The van der Waals surface area contributed by atoms with Gasteiger partial charge in [-0.05, 0) is 54.8 Å². The second kappa shape index (κ2) is 6.42. The molecule has 3 N–H and O–H groups in total. The first-order valence-electron chi connectivity index (χ1n) is 6.77. The third kappa shape index (κ3) is 3.71. The fraction of sp³-hybridized carbons (Fsp3) is 0.538. The Morgan fingerprint density at radius 2 is 1.90 bits per heavy atom. The number of nitrogens with zero attached hydrogens (tertiary/aromatic N) is 1. The van der Waals surface area contributed by atoms with Crippen LogP contribution in [0.4, 0.5) is 5.69 Å². The predicted molar refractivity (Wildman–Crippen MR) is 88.5 cm³/mol. The van der Waals surface area contributed by atoms with E-state index in [0.717, 1.165) is 19.3 Å². The third-order valence-electron chi connectivity index (χ3n) is 3.74. The summed E-state index contributed by atoms with van der Waals surface area (Å²) in [6.07, 6.45) is 3.03. The summed E-state index contributed by atoms with van der Waals surface area (Å²) in [7, 11) is -3.74. The van der Waals surface area contributed by atoms with E-state index in [1.54, 1.807) is 5.01 Å². The molecule has 8 heteroatoms. The molecule has 1 aliphatic heterocycles. The highest BCUT2D eigenvalue weighted by Gasteiger charge is 2.30. The van der Waals surface area contributed by atoms with Gasteiger partial charge in [-0.2, -0.15) is 0 Å². The number of nitrogens with one attached hydrogen (secondary N) is 1. The van der Waals surface area contributed by atoms with Gasteiger partial charge < -0.3 is 5.73 Å². The van der Waals surface area contributed by atoms with Crippen LogP contribution in [0, 0.1) is 0 Å². The van der Waals surface area contributed by atoms with Crippen molar-refractivity contribution in [3.63, 3.8) is 0 Å². The molecule has 1 saturated heterocycles. The van der Waals surface area contributed by atoms with Crippen molar-refractivity contribution in [2.45, 2.75) is 50.1 Å². The lowest BCUT2D eigenvalue weighted by molar-refractivity contribution is 0.0790. The third-order valence-corrected chi connectivity index (χ3v) is 6.46. The molecule has 118 valence electrons. The molecule has 0 bridgehead atoms. The maximum Gasteiger partial charge on any atom is 0.254 e. The molecule has 2 atom stereocenters. The molecule has 21 heavy (non-hydrogen) atoms. The second-order valence-electron chi connectivity index (χ2n) is 5.44. The van der Waals surface area contributed by atoms with Crippen LogP contribution in [0.5, 0.6) is 0 Å². The van der Waals surface area contributed by atoms with Gasteiger partial charge in [0, 0.05) is 22.8 Å². The van der Waals surface area contributed by atoms with E-state index < -0.39 is 10.0 Å². The highest BCUT2D eigenvalue weighted by Crippen LogP contribution is 2.32. The molecule has 1 aliphatic rings. The van der Waals surface area contributed by atoms with E-state index in [9.17, 15) is 8.42 Å². The lowest BCUT2D eigenvalue weighted by Gasteiger charge is -2.38. The molecule has 1 aromatic carbocycles. The molecule has 0 saturated carbocycles. The van der Waals surface area contributed by atoms with E-state index in [4.69, 9.17) is 17.3 Å². The molecular weight excluding hydrogens is 378 g/mol. The largest absolute Gasteiger partial charge is 0.398 e. The zero-order valence-electron chi connectivity index (χ0n) is 11.9. The van der Waals surface area contributed by atoms with Crippen molar-refractivity contribution < 1.29 is 8.42 Å². The fourth-order valence-corrected chi connectivity index (χ4v) is 5.10. The molecule has 2 rings (SSSR count). The van der Waals surface area contributed by atoms with E-state index in [1.165, 1.54) is 12.1 Å². The predicted octanol–water partition coefficient (Wildman–Crippen LogP) is 3.14. The molecule has 1 heterocycles. The van der Waals surface area contributed by atoms with Crippen LogP contribution in [0.25, 0.3) is 0 Å². The van der Waals surface area contributed by atoms with Gasteiger partial charge in [-0.25, -0.2) is 13.4 Å². The van der Waals surface area contributed by atoms with Gasteiger partial charge in [0.05, 0.1) is 4.47 Å². The lowest BCUT2D eigenvalue weighted by atomic mass is 10.0. The van der Waals surface area contributed by atoms with Crippen molar-refractivity contribution in [3.8, 4) is 0 Å².